The molecule has 0 amide bonds. The smallest absolute Gasteiger partial charge is 0.0820 e. The van der Waals surface area contributed by atoms with E-state index in [1.165, 1.54) is 5.56 Å². The van der Waals surface area contributed by atoms with Crippen molar-refractivity contribution in [3.8, 4) is 22.5 Å². The lowest BCUT2D eigenvalue weighted by molar-refractivity contribution is 0.100. The number of hydrogen-bond donors (Lipinski definition) is 0. The number of methoxy groups -OCH3 is 1. The fourth-order valence-corrected chi connectivity index (χ4v) is 2.79. The second-order valence-corrected chi connectivity index (χ2v) is 5.54. The van der Waals surface area contributed by atoms with Gasteiger partial charge in [0.2, 0.25) is 0 Å². The Kier molecular flexibility index (Phi) is 10.7. The van der Waals surface area contributed by atoms with Crippen molar-refractivity contribution in [1.29, 1.82) is 0 Å². The first kappa shape index (κ1) is 22.6. The van der Waals surface area contributed by atoms with Gasteiger partial charge in [0.1, 0.15) is 0 Å². The molecule has 27 heavy (non-hydrogen) atoms. The van der Waals surface area contributed by atoms with E-state index < -0.39 is 0 Å². The van der Waals surface area contributed by atoms with Gasteiger partial charge in [0.15, 0.2) is 0 Å². The molecule has 0 aliphatic rings. The monoisotopic (exact) mass is 363 g/mol. The first-order chi connectivity index (χ1) is 13.3. The molecule has 2 aromatic carbocycles. The summed E-state index contributed by atoms with van der Waals surface area (Å²) >= 11 is 0. The molecule has 3 rings (SSSR count). The number of ether oxygens (including phenoxy) is 1. The second kappa shape index (κ2) is 12.8. The molecule has 0 aliphatic carbocycles. The molecule has 0 bridgehead atoms. The summed E-state index contributed by atoms with van der Waals surface area (Å²) in [5.41, 5.74) is 5.38. The van der Waals surface area contributed by atoms with Gasteiger partial charge in [-0.1, -0.05) is 95.3 Å². The molecule has 2 heteroatoms. The molecule has 1 aromatic heterocycles. The van der Waals surface area contributed by atoms with Gasteiger partial charge in [0, 0.05) is 18.2 Å². The number of rotatable bonds is 5. The van der Waals surface area contributed by atoms with Gasteiger partial charge in [-0.05, 0) is 24.1 Å². The first-order valence-electron chi connectivity index (χ1n) is 9.97. The molecule has 0 saturated carbocycles. The summed E-state index contributed by atoms with van der Waals surface area (Å²) in [5, 5.41) is 0. The molecule has 1 unspecified atom stereocenters. The van der Waals surface area contributed by atoms with Crippen molar-refractivity contribution in [3.63, 3.8) is 0 Å². The van der Waals surface area contributed by atoms with Crippen LogP contribution in [0.2, 0.25) is 0 Å². The minimum Gasteiger partial charge on any atom is -0.377 e. The lowest BCUT2D eigenvalue weighted by Crippen LogP contribution is -2.02. The van der Waals surface area contributed by atoms with Crippen LogP contribution < -0.4 is 0 Å². The van der Waals surface area contributed by atoms with E-state index in [-0.39, 0.29) is 6.10 Å². The van der Waals surface area contributed by atoms with E-state index in [9.17, 15) is 0 Å². The highest BCUT2D eigenvalue weighted by Gasteiger charge is 2.13. The van der Waals surface area contributed by atoms with E-state index in [1.54, 1.807) is 7.11 Å². The summed E-state index contributed by atoms with van der Waals surface area (Å²) in [6, 6.07) is 24.9. The summed E-state index contributed by atoms with van der Waals surface area (Å²) in [6.07, 6.45) is 1.02. The number of aromatic nitrogens is 1. The van der Waals surface area contributed by atoms with Gasteiger partial charge in [0.05, 0.1) is 17.5 Å². The molecular weight excluding hydrogens is 330 g/mol. The molecule has 0 fully saturated rings. The van der Waals surface area contributed by atoms with E-state index in [4.69, 9.17) is 9.72 Å². The Labute approximate surface area is 165 Å². The van der Waals surface area contributed by atoms with Gasteiger partial charge < -0.3 is 4.74 Å². The molecule has 2 nitrogen and oxygen atoms in total. The van der Waals surface area contributed by atoms with Crippen LogP contribution in [0.3, 0.4) is 0 Å². The third-order valence-electron chi connectivity index (χ3n) is 4.01. The zero-order chi connectivity index (χ0) is 20.1. The van der Waals surface area contributed by atoms with Crippen LogP contribution in [0.4, 0.5) is 0 Å². The van der Waals surface area contributed by atoms with E-state index in [2.05, 4.69) is 43.3 Å². The Morgan fingerprint density at radius 1 is 0.741 bits per heavy atom. The Hall–Kier alpha value is -2.45. The molecule has 1 atom stereocenters. The lowest BCUT2D eigenvalue weighted by Gasteiger charge is -2.16. The number of nitrogens with zero attached hydrogens (tertiary/aromatic N) is 1. The maximum Gasteiger partial charge on any atom is 0.0820 e. The number of hydrogen-bond acceptors (Lipinski definition) is 2. The lowest BCUT2D eigenvalue weighted by atomic mass is 10.0. The highest BCUT2D eigenvalue weighted by atomic mass is 16.5. The maximum absolute atomic E-state index is 5.64. The number of pyridine rings is 1. The quantitative estimate of drug-likeness (QED) is 0.466. The van der Waals surface area contributed by atoms with Crippen molar-refractivity contribution in [3.05, 3.63) is 78.4 Å². The van der Waals surface area contributed by atoms with Gasteiger partial charge in [-0.15, -0.1) is 0 Å². The summed E-state index contributed by atoms with van der Waals surface area (Å²) < 4.78 is 5.64. The van der Waals surface area contributed by atoms with Crippen LogP contribution in [-0.4, -0.2) is 12.1 Å². The van der Waals surface area contributed by atoms with Gasteiger partial charge in [-0.2, -0.15) is 0 Å². The average Bonchev–Trinajstić information content (AvgIpc) is 2.78. The standard InChI is InChI=1S/C21H21NO.2C2H6/c1-3-21(23-2)18-14-19(16-10-6-4-7-11-16)22-20(15-18)17-12-8-5-9-13-17;2*1-2/h4-15,21H,3H2,1-2H3;2*1-2H3. The molecule has 0 aliphatic heterocycles. The molecular formula is C25H33NO. The minimum atomic E-state index is 0.0860. The molecule has 0 N–H and O–H groups in total. The molecule has 144 valence electrons. The molecule has 1 heterocycles. The van der Waals surface area contributed by atoms with Gasteiger partial charge >= 0.3 is 0 Å². The Morgan fingerprint density at radius 2 is 1.15 bits per heavy atom. The van der Waals surface area contributed by atoms with Crippen molar-refractivity contribution < 1.29 is 4.74 Å². The molecule has 3 aromatic rings. The predicted molar refractivity (Wildman–Crippen MR) is 118 cm³/mol. The topological polar surface area (TPSA) is 22.1 Å². The minimum absolute atomic E-state index is 0.0860. The maximum atomic E-state index is 5.64. The van der Waals surface area contributed by atoms with E-state index >= 15 is 0 Å². The molecule has 0 radical (unpaired) electrons. The Bertz CT molecular complexity index is 692. The van der Waals surface area contributed by atoms with Gasteiger partial charge in [-0.25, -0.2) is 4.98 Å². The second-order valence-electron chi connectivity index (χ2n) is 5.54. The van der Waals surface area contributed by atoms with Gasteiger partial charge in [-0.3, -0.25) is 0 Å². The third kappa shape index (κ3) is 6.33. The van der Waals surface area contributed by atoms with Crippen LogP contribution in [0.5, 0.6) is 0 Å². The average molecular weight is 364 g/mol. The Balaban J connectivity index is 0.000000855. The third-order valence-corrected chi connectivity index (χ3v) is 4.01. The highest BCUT2D eigenvalue weighted by Crippen LogP contribution is 2.29. The Morgan fingerprint density at radius 3 is 1.48 bits per heavy atom. The fourth-order valence-electron chi connectivity index (χ4n) is 2.79. The van der Waals surface area contributed by atoms with E-state index in [1.807, 2.05) is 64.1 Å². The highest BCUT2D eigenvalue weighted by molar-refractivity contribution is 5.67. The van der Waals surface area contributed by atoms with Gasteiger partial charge in [0.25, 0.3) is 0 Å². The van der Waals surface area contributed by atoms with Crippen LogP contribution in [0.15, 0.2) is 72.8 Å². The molecule has 0 spiro atoms. The largest absolute Gasteiger partial charge is 0.377 e. The summed E-state index contributed by atoms with van der Waals surface area (Å²) in [5.74, 6) is 0. The van der Waals surface area contributed by atoms with E-state index in [0.29, 0.717) is 0 Å². The van der Waals surface area contributed by atoms with Crippen LogP contribution >= 0.6 is 0 Å². The normalized spacial score (nSPS) is 10.7. The van der Waals surface area contributed by atoms with Crippen LogP contribution in [-0.2, 0) is 4.74 Å². The van der Waals surface area contributed by atoms with Crippen molar-refractivity contribution in [2.75, 3.05) is 7.11 Å². The van der Waals surface area contributed by atoms with E-state index in [0.717, 1.165) is 28.9 Å². The first-order valence-corrected chi connectivity index (χ1v) is 9.97. The fraction of sp³-hybridized carbons (Fsp3) is 0.320. The van der Waals surface area contributed by atoms with Crippen LogP contribution in [0, 0.1) is 0 Å². The molecule has 0 saturated heterocycles. The number of benzene rings is 2. The summed E-state index contributed by atoms with van der Waals surface area (Å²) in [6.45, 7) is 10.1. The van der Waals surface area contributed by atoms with Crippen molar-refractivity contribution >= 4 is 0 Å². The summed E-state index contributed by atoms with van der Waals surface area (Å²) in [7, 11) is 1.76. The zero-order valence-electron chi connectivity index (χ0n) is 17.6. The van der Waals surface area contributed by atoms with Crippen LogP contribution in [0.25, 0.3) is 22.5 Å². The van der Waals surface area contributed by atoms with Crippen molar-refractivity contribution in [1.82, 2.24) is 4.98 Å². The predicted octanol–water partition coefficient (Wildman–Crippen LogP) is 7.57. The van der Waals surface area contributed by atoms with Crippen molar-refractivity contribution in [2.24, 2.45) is 0 Å². The zero-order valence-corrected chi connectivity index (χ0v) is 17.6. The van der Waals surface area contributed by atoms with Crippen molar-refractivity contribution in [2.45, 2.75) is 47.1 Å². The summed E-state index contributed by atoms with van der Waals surface area (Å²) in [4.78, 5) is 4.87. The SMILES string of the molecule is CC.CC.CCC(OC)c1cc(-c2ccccc2)nc(-c2ccccc2)c1. The van der Waals surface area contributed by atoms with Crippen LogP contribution in [0.1, 0.15) is 52.7 Å².